The molecule has 3 fully saturated rings. The first kappa shape index (κ1) is 35.4. The molecule has 0 bridgehead atoms. The van der Waals surface area contributed by atoms with Gasteiger partial charge in [0.05, 0.1) is 17.5 Å². The molecule has 2 aromatic heterocycles. The topological polar surface area (TPSA) is 87.2 Å². The molecular weight excluding hydrogens is 659 g/mol. The molecule has 1 atom stereocenters. The molecule has 1 amide bonds. The fraction of sp³-hybridized carbons (Fsp3) is 0.579. The number of halogens is 3. The number of nitrogens with zero attached hydrogens (tertiary/aromatic N) is 7. The summed E-state index contributed by atoms with van der Waals surface area (Å²) in [6, 6.07) is 5.02. The molecule has 2 saturated carbocycles. The van der Waals surface area contributed by atoms with Crippen molar-refractivity contribution in [2.75, 3.05) is 52.2 Å². The first-order valence-electron chi connectivity index (χ1n) is 18.0. The zero-order chi connectivity index (χ0) is 36.1. The summed E-state index contributed by atoms with van der Waals surface area (Å²) < 4.78 is 55.0. The number of carbonyl (C=O) groups is 1. The molecule has 0 N–H and O–H groups in total. The molecule has 7 rings (SSSR count). The summed E-state index contributed by atoms with van der Waals surface area (Å²) in [5.41, 5.74) is 2.46. The van der Waals surface area contributed by atoms with Gasteiger partial charge in [0.25, 0.3) is 11.8 Å². The Morgan fingerprint density at radius 2 is 1.82 bits per heavy atom. The Kier molecular flexibility index (Phi) is 9.64. The number of alkyl halides is 2. The van der Waals surface area contributed by atoms with E-state index in [0.717, 1.165) is 75.8 Å². The van der Waals surface area contributed by atoms with Crippen LogP contribution in [0.25, 0.3) is 0 Å². The van der Waals surface area contributed by atoms with Gasteiger partial charge in [-0.3, -0.25) is 14.7 Å². The molecule has 4 aliphatic rings. The van der Waals surface area contributed by atoms with Crippen LogP contribution in [0.4, 0.5) is 19.0 Å². The van der Waals surface area contributed by atoms with Gasteiger partial charge in [-0.05, 0) is 91.5 Å². The van der Waals surface area contributed by atoms with E-state index in [1.807, 2.05) is 12.3 Å². The number of ether oxygens (including phenoxy) is 2. The summed E-state index contributed by atoms with van der Waals surface area (Å²) in [6.07, 6.45) is 9.06. The quantitative estimate of drug-likeness (QED) is 0.213. The van der Waals surface area contributed by atoms with Crippen molar-refractivity contribution in [2.45, 2.75) is 88.9 Å². The molecule has 1 saturated heterocycles. The number of carbonyl (C=O) groups excluding carboxylic acids is 1. The summed E-state index contributed by atoms with van der Waals surface area (Å²) in [5, 5.41) is 0. The van der Waals surface area contributed by atoms with Crippen LogP contribution in [0.2, 0.25) is 0 Å². The minimum absolute atomic E-state index is 0.0304. The van der Waals surface area contributed by atoms with Crippen molar-refractivity contribution in [3.05, 3.63) is 65.6 Å². The number of hydrogen-bond acceptors (Lipinski definition) is 9. The average molecular weight is 708 g/mol. The molecule has 10 nitrogen and oxygen atoms in total. The van der Waals surface area contributed by atoms with Gasteiger partial charge in [0.2, 0.25) is 0 Å². The van der Waals surface area contributed by atoms with Crippen molar-refractivity contribution in [3.63, 3.8) is 0 Å². The Labute approximate surface area is 297 Å². The number of aromatic nitrogens is 3. The number of benzene rings is 1. The van der Waals surface area contributed by atoms with Crippen molar-refractivity contribution >= 4 is 11.7 Å². The van der Waals surface area contributed by atoms with E-state index in [0.29, 0.717) is 11.6 Å². The van der Waals surface area contributed by atoms with Crippen LogP contribution >= 0.6 is 0 Å². The second-order valence-corrected chi connectivity index (χ2v) is 15.5. The predicted molar refractivity (Wildman–Crippen MR) is 187 cm³/mol. The van der Waals surface area contributed by atoms with Crippen molar-refractivity contribution < 1.29 is 27.4 Å². The molecule has 4 heterocycles. The number of hydrogen-bond donors (Lipinski definition) is 0. The van der Waals surface area contributed by atoms with Gasteiger partial charge in [0.15, 0.2) is 11.6 Å². The van der Waals surface area contributed by atoms with Crippen LogP contribution in [0.15, 0.2) is 43.0 Å². The van der Waals surface area contributed by atoms with E-state index in [-0.39, 0.29) is 34.9 Å². The Hall–Kier alpha value is -3.97. The third-order valence-electron chi connectivity index (χ3n) is 11.0. The molecule has 1 unspecified atom stereocenters. The third kappa shape index (κ3) is 7.24. The van der Waals surface area contributed by atoms with Crippen LogP contribution in [-0.2, 0) is 6.42 Å². The Morgan fingerprint density at radius 1 is 1.06 bits per heavy atom. The number of amides is 1. The molecule has 51 heavy (non-hydrogen) atoms. The SMILES string of the molecule is CC(C)N(C(=O)c1cc(F)ccc1Oc1cncnc1N1CC2(CC(Oc3ccnc4c3C(CCCN(C)C)N(C)CC4)C2)C1)C1CC(F)(F)C1. The van der Waals surface area contributed by atoms with Gasteiger partial charge < -0.3 is 24.2 Å². The van der Waals surface area contributed by atoms with Gasteiger partial charge in [0, 0.05) is 74.2 Å². The van der Waals surface area contributed by atoms with Gasteiger partial charge >= 0.3 is 0 Å². The lowest BCUT2D eigenvalue weighted by molar-refractivity contribution is -0.120. The maximum absolute atomic E-state index is 14.5. The van der Waals surface area contributed by atoms with Crippen LogP contribution in [0, 0.1) is 11.2 Å². The first-order chi connectivity index (χ1) is 24.3. The second kappa shape index (κ2) is 13.9. The molecule has 2 aliphatic carbocycles. The smallest absolute Gasteiger partial charge is 0.258 e. The van der Waals surface area contributed by atoms with E-state index in [1.54, 1.807) is 13.8 Å². The minimum Gasteiger partial charge on any atom is -0.490 e. The summed E-state index contributed by atoms with van der Waals surface area (Å²) in [7, 11) is 6.41. The zero-order valence-corrected chi connectivity index (χ0v) is 30.1. The van der Waals surface area contributed by atoms with Crippen LogP contribution in [0.3, 0.4) is 0 Å². The van der Waals surface area contributed by atoms with Gasteiger partial charge in [0.1, 0.15) is 29.7 Å². The van der Waals surface area contributed by atoms with E-state index < -0.39 is 36.5 Å². The van der Waals surface area contributed by atoms with E-state index in [1.165, 1.54) is 35.1 Å². The van der Waals surface area contributed by atoms with E-state index in [2.05, 4.69) is 45.8 Å². The molecular formula is C38H48F3N7O3. The van der Waals surface area contributed by atoms with Crippen molar-refractivity contribution in [1.29, 1.82) is 0 Å². The largest absolute Gasteiger partial charge is 0.490 e. The van der Waals surface area contributed by atoms with Crippen molar-refractivity contribution in [2.24, 2.45) is 5.41 Å². The average Bonchev–Trinajstić information content (AvgIpc) is 3.02. The standard InChI is InChI=1S/C38H48F3N7O3/c1-24(2)48(26-16-38(40,41)17-26)36(49)28-15-25(39)8-9-31(28)51-33-20-42-23-44-35(33)47-21-37(22-47)18-27(19-37)50-32-10-12-43-29-11-14-46(5)30(34(29)32)7-6-13-45(3)4/h8-10,12,15,20,23-24,26-27,30H,6-7,11,13-14,16-19,21-22H2,1-5H3. The highest BCUT2D eigenvalue weighted by Gasteiger charge is 2.55. The molecule has 1 aromatic carbocycles. The lowest BCUT2D eigenvalue weighted by Gasteiger charge is -2.59. The number of likely N-dealkylation sites (N-methyl/N-ethyl adjacent to an activating group) is 1. The minimum atomic E-state index is -2.80. The lowest BCUT2D eigenvalue weighted by Crippen LogP contribution is -2.65. The number of pyridine rings is 1. The van der Waals surface area contributed by atoms with E-state index >= 15 is 0 Å². The fourth-order valence-electron chi connectivity index (χ4n) is 8.40. The summed E-state index contributed by atoms with van der Waals surface area (Å²) in [6.45, 7) is 7.08. The van der Waals surface area contributed by atoms with Gasteiger partial charge in [-0.25, -0.2) is 23.1 Å². The summed E-state index contributed by atoms with van der Waals surface area (Å²) >= 11 is 0. The molecule has 13 heteroatoms. The Balaban J connectivity index is 1.01. The first-order valence-corrected chi connectivity index (χ1v) is 18.0. The maximum Gasteiger partial charge on any atom is 0.258 e. The maximum atomic E-state index is 14.5. The Bertz CT molecular complexity index is 1740. The highest BCUT2D eigenvalue weighted by molar-refractivity contribution is 5.97. The van der Waals surface area contributed by atoms with Gasteiger partial charge in [-0.1, -0.05) is 0 Å². The predicted octanol–water partition coefficient (Wildman–Crippen LogP) is 6.37. The zero-order valence-electron chi connectivity index (χ0n) is 30.1. The molecule has 3 aromatic rings. The van der Waals surface area contributed by atoms with Gasteiger partial charge in [-0.2, -0.15) is 0 Å². The fourth-order valence-corrected chi connectivity index (χ4v) is 8.40. The van der Waals surface area contributed by atoms with Crippen molar-refractivity contribution in [3.8, 4) is 17.2 Å². The van der Waals surface area contributed by atoms with E-state index in [9.17, 15) is 18.0 Å². The number of anilines is 1. The van der Waals surface area contributed by atoms with Crippen LogP contribution < -0.4 is 14.4 Å². The van der Waals surface area contributed by atoms with E-state index in [4.69, 9.17) is 14.5 Å². The molecule has 274 valence electrons. The van der Waals surface area contributed by atoms with Gasteiger partial charge in [-0.15, -0.1) is 0 Å². The normalized spacial score (nSPS) is 21.2. The Morgan fingerprint density at radius 3 is 2.53 bits per heavy atom. The highest BCUT2D eigenvalue weighted by Crippen LogP contribution is 2.53. The molecule has 0 radical (unpaired) electrons. The lowest BCUT2D eigenvalue weighted by atomic mass is 9.61. The highest BCUT2D eigenvalue weighted by atomic mass is 19.3. The summed E-state index contributed by atoms with van der Waals surface area (Å²) in [4.78, 5) is 35.3. The second-order valence-electron chi connectivity index (χ2n) is 15.5. The van der Waals surface area contributed by atoms with Crippen LogP contribution in [-0.4, -0.2) is 107 Å². The van der Waals surface area contributed by atoms with Crippen molar-refractivity contribution in [1.82, 2.24) is 29.7 Å². The summed E-state index contributed by atoms with van der Waals surface area (Å²) in [5.74, 6) is -2.00. The van der Waals surface area contributed by atoms with Crippen LogP contribution in [0.1, 0.15) is 80.0 Å². The number of rotatable bonds is 12. The molecule has 1 spiro atoms. The third-order valence-corrected chi connectivity index (χ3v) is 11.0. The number of fused-ring (bicyclic) bond motifs is 1. The molecule has 2 aliphatic heterocycles. The monoisotopic (exact) mass is 707 g/mol. The van der Waals surface area contributed by atoms with Crippen LogP contribution in [0.5, 0.6) is 17.2 Å².